The van der Waals surface area contributed by atoms with Crippen molar-refractivity contribution in [3.05, 3.63) is 35.9 Å². The van der Waals surface area contributed by atoms with E-state index in [2.05, 4.69) is 36.5 Å². The lowest BCUT2D eigenvalue weighted by atomic mass is 9.84. The van der Waals surface area contributed by atoms with Crippen molar-refractivity contribution < 1.29 is 9.59 Å². The van der Waals surface area contributed by atoms with Crippen molar-refractivity contribution in [1.29, 1.82) is 0 Å². The molecule has 0 aliphatic carbocycles. The lowest BCUT2D eigenvalue weighted by Crippen LogP contribution is -2.43. The van der Waals surface area contributed by atoms with Crippen LogP contribution in [0.5, 0.6) is 0 Å². The number of hydrogen-bond acceptors (Lipinski definition) is 3. The van der Waals surface area contributed by atoms with Crippen LogP contribution in [0.4, 0.5) is 0 Å². The second-order valence-corrected chi connectivity index (χ2v) is 6.00. The van der Waals surface area contributed by atoms with Gasteiger partial charge in [0.1, 0.15) is 5.71 Å². The molecule has 112 valence electrons. The fourth-order valence-electron chi connectivity index (χ4n) is 2.49. The lowest BCUT2D eigenvalue weighted by Gasteiger charge is -2.31. The third kappa shape index (κ3) is 3.68. The van der Waals surface area contributed by atoms with E-state index in [9.17, 15) is 9.59 Å². The predicted octanol–water partition coefficient (Wildman–Crippen LogP) is 1.69. The minimum absolute atomic E-state index is 0.126. The highest BCUT2D eigenvalue weighted by atomic mass is 16.2. The summed E-state index contributed by atoms with van der Waals surface area (Å²) in [5.74, 6) is -0.266. The molecule has 0 saturated heterocycles. The molecule has 0 bridgehead atoms. The molecule has 0 spiro atoms. The molecule has 1 aromatic carbocycles. The lowest BCUT2D eigenvalue weighted by molar-refractivity contribution is -0.124. The van der Waals surface area contributed by atoms with E-state index in [1.165, 1.54) is 5.56 Å². The number of likely N-dealkylation sites (N-methyl/N-ethyl adjacent to an activating group) is 1. The fourth-order valence-corrected chi connectivity index (χ4v) is 2.49. The van der Waals surface area contributed by atoms with Crippen LogP contribution in [0.25, 0.3) is 0 Å². The summed E-state index contributed by atoms with van der Waals surface area (Å²) in [5.41, 5.74) is 3.82. The molecule has 1 aliphatic rings. The van der Waals surface area contributed by atoms with Gasteiger partial charge in [0.15, 0.2) is 0 Å². The monoisotopic (exact) mass is 287 g/mol. The minimum Gasteiger partial charge on any atom is -0.340 e. The van der Waals surface area contributed by atoms with E-state index in [-0.39, 0.29) is 17.2 Å². The van der Waals surface area contributed by atoms with Crippen molar-refractivity contribution in [2.45, 2.75) is 32.1 Å². The molecule has 21 heavy (non-hydrogen) atoms. The Morgan fingerprint density at radius 3 is 2.52 bits per heavy atom. The Kier molecular flexibility index (Phi) is 4.40. The van der Waals surface area contributed by atoms with Crippen molar-refractivity contribution in [2.24, 2.45) is 5.10 Å². The first kappa shape index (κ1) is 15.2. The highest BCUT2D eigenvalue weighted by Gasteiger charge is 2.27. The van der Waals surface area contributed by atoms with Gasteiger partial charge in [0.25, 0.3) is 5.91 Å². The van der Waals surface area contributed by atoms with Gasteiger partial charge >= 0.3 is 0 Å². The molecule has 5 nitrogen and oxygen atoms in total. The van der Waals surface area contributed by atoms with Crippen molar-refractivity contribution in [1.82, 2.24) is 10.3 Å². The zero-order valence-electron chi connectivity index (χ0n) is 12.7. The van der Waals surface area contributed by atoms with Gasteiger partial charge in [-0.1, -0.05) is 44.2 Å². The van der Waals surface area contributed by atoms with E-state index in [1.807, 2.05) is 18.2 Å². The molecule has 5 heteroatoms. The zero-order chi connectivity index (χ0) is 15.5. The average molecular weight is 287 g/mol. The Morgan fingerprint density at radius 2 is 1.95 bits per heavy atom. The van der Waals surface area contributed by atoms with Gasteiger partial charge in [0.05, 0.1) is 0 Å². The number of hydrogen-bond donors (Lipinski definition) is 1. The number of carbonyl (C=O) groups excluding carboxylic acids is 2. The van der Waals surface area contributed by atoms with Crippen molar-refractivity contribution in [3.63, 3.8) is 0 Å². The standard InChI is InChI=1S/C16H21N3O2/c1-16(2,12-7-5-4-6-8-12)11-19(3)15(21)13-9-10-14(20)18-17-13/h4-8H,9-11H2,1-3H3,(H,18,20). The van der Waals surface area contributed by atoms with Gasteiger partial charge in [-0.15, -0.1) is 0 Å². The Morgan fingerprint density at radius 1 is 1.29 bits per heavy atom. The number of benzene rings is 1. The molecular weight excluding hydrogens is 266 g/mol. The van der Waals surface area contributed by atoms with E-state index >= 15 is 0 Å². The maximum Gasteiger partial charge on any atom is 0.269 e. The van der Waals surface area contributed by atoms with Gasteiger partial charge in [-0.25, -0.2) is 5.43 Å². The van der Waals surface area contributed by atoms with Gasteiger partial charge in [0, 0.05) is 31.8 Å². The molecular formula is C16H21N3O2. The van der Waals surface area contributed by atoms with Gasteiger partial charge in [0.2, 0.25) is 5.91 Å². The van der Waals surface area contributed by atoms with Crippen molar-refractivity contribution in [3.8, 4) is 0 Å². The summed E-state index contributed by atoms with van der Waals surface area (Å²) >= 11 is 0. The topological polar surface area (TPSA) is 61.8 Å². The van der Waals surface area contributed by atoms with Crippen LogP contribution in [-0.4, -0.2) is 36.0 Å². The summed E-state index contributed by atoms with van der Waals surface area (Å²) in [4.78, 5) is 25.1. The maximum atomic E-state index is 12.4. The fraction of sp³-hybridized carbons (Fsp3) is 0.438. The van der Waals surface area contributed by atoms with Gasteiger partial charge in [-0.05, 0) is 5.56 Å². The number of nitrogens with one attached hydrogen (secondary N) is 1. The third-order valence-electron chi connectivity index (χ3n) is 3.69. The quantitative estimate of drug-likeness (QED) is 0.916. The van der Waals surface area contributed by atoms with E-state index in [1.54, 1.807) is 11.9 Å². The molecule has 1 aromatic rings. The summed E-state index contributed by atoms with van der Waals surface area (Å²) in [6.45, 7) is 4.80. The highest BCUT2D eigenvalue weighted by molar-refractivity contribution is 6.39. The molecule has 1 N–H and O–H groups in total. The van der Waals surface area contributed by atoms with Gasteiger partial charge in [-0.3, -0.25) is 9.59 Å². The number of amides is 2. The zero-order valence-corrected chi connectivity index (χ0v) is 12.7. The van der Waals surface area contributed by atoms with E-state index in [4.69, 9.17) is 0 Å². The molecule has 1 aliphatic heterocycles. The van der Waals surface area contributed by atoms with Crippen LogP contribution < -0.4 is 5.43 Å². The molecule has 0 radical (unpaired) electrons. The van der Waals surface area contributed by atoms with Crippen LogP contribution in [0.3, 0.4) is 0 Å². The first-order valence-electron chi connectivity index (χ1n) is 7.06. The van der Waals surface area contributed by atoms with E-state index < -0.39 is 0 Å². The first-order valence-corrected chi connectivity index (χ1v) is 7.06. The highest BCUT2D eigenvalue weighted by Crippen LogP contribution is 2.24. The molecule has 2 amide bonds. The maximum absolute atomic E-state index is 12.4. The second-order valence-electron chi connectivity index (χ2n) is 6.00. The third-order valence-corrected chi connectivity index (χ3v) is 3.69. The summed E-state index contributed by atoms with van der Waals surface area (Å²) in [5, 5.41) is 3.86. The van der Waals surface area contributed by atoms with E-state index in [0.717, 1.165) is 0 Å². The predicted molar refractivity (Wildman–Crippen MR) is 81.9 cm³/mol. The normalized spacial score (nSPS) is 15.2. The molecule has 0 aromatic heterocycles. The Labute approximate surface area is 125 Å². The van der Waals surface area contributed by atoms with Crippen LogP contribution in [-0.2, 0) is 15.0 Å². The molecule has 1 heterocycles. The Hall–Kier alpha value is -2.17. The average Bonchev–Trinajstić information content (AvgIpc) is 2.48. The summed E-state index contributed by atoms with van der Waals surface area (Å²) in [6.07, 6.45) is 0.723. The van der Waals surface area contributed by atoms with Gasteiger partial charge < -0.3 is 4.90 Å². The summed E-state index contributed by atoms with van der Waals surface area (Å²) in [6, 6.07) is 10.1. The van der Waals surface area contributed by atoms with Crippen molar-refractivity contribution in [2.75, 3.05) is 13.6 Å². The number of nitrogens with zero attached hydrogens (tertiary/aromatic N) is 2. The van der Waals surface area contributed by atoms with Gasteiger partial charge in [-0.2, -0.15) is 5.10 Å². The van der Waals surface area contributed by atoms with Crippen LogP contribution in [0, 0.1) is 0 Å². The molecule has 2 rings (SSSR count). The largest absolute Gasteiger partial charge is 0.340 e. The SMILES string of the molecule is CN(CC(C)(C)c1ccccc1)C(=O)C1=NNC(=O)CC1. The number of carbonyl (C=O) groups is 2. The van der Waals surface area contributed by atoms with Crippen LogP contribution >= 0.6 is 0 Å². The molecule has 0 atom stereocenters. The molecule has 0 fully saturated rings. The molecule has 0 unspecified atom stereocenters. The summed E-state index contributed by atoms with van der Waals surface area (Å²) in [7, 11) is 1.77. The number of hydrazone groups is 1. The first-order chi connectivity index (χ1) is 9.90. The van der Waals surface area contributed by atoms with Crippen LogP contribution in [0.1, 0.15) is 32.3 Å². The Bertz CT molecular complexity index is 564. The summed E-state index contributed by atoms with van der Waals surface area (Å²) < 4.78 is 0. The van der Waals surface area contributed by atoms with Crippen LogP contribution in [0.2, 0.25) is 0 Å². The second kappa shape index (κ2) is 6.08. The molecule has 0 saturated carbocycles. The smallest absolute Gasteiger partial charge is 0.269 e. The van der Waals surface area contributed by atoms with Crippen LogP contribution in [0.15, 0.2) is 35.4 Å². The van der Waals surface area contributed by atoms with E-state index in [0.29, 0.717) is 25.1 Å². The Balaban J connectivity index is 2.05. The number of rotatable bonds is 4. The van der Waals surface area contributed by atoms with Crippen molar-refractivity contribution >= 4 is 17.5 Å². The minimum atomic E-state index is -0.149.